The number of nitrogens with one attached hydrogen (secondary N) is 1. The van der Waals surface area contributed by atoms with Gasteiger partial charge in [0.2, 0.25) is 5.91 Å². The Morgan fingerprint density at radius 2 is 2.05 bits per heavy atom. The van der Waals surface area contributed by atoms with Crippen LogP contribution in [0.4, 0.5) is 0 Å². The molecule has 1 aliphatic rings. The highest BCUT2D eigenvalue weighted by molar-refractivity contribution is 7.99. The topological polar surface area (TPSA) is 63.2 Å². The molecule has 2 unspecified atom stereocenters. The fourth-order valence-electron chi connectivity index (χ4n) is 2.70. The molecule has 4 nitrogen and oxygen atoms in total. The molecule has 1 saturated heterocycles. The van der Waals surface area contributed by atoms with Crippen LogP contribution in [-0.2, 0) is 14.6 Å². The van der Waals surface area contributed by atoms with Crippen molar-refractivity contribution in [2.75, 3.05) is 17.3 Å². The Morgan fingerprint density at radius 1 is 1.36 bits per heavy atom. The van der Waals surface area contributed by atoms with E-state index in [2.05, 4.69) is 24.4 Å². The Bertz CT molecular complexity index is 611. The third-order valence-electron chi connectivity index (χ3n) is 3.87. The van der Waals surface area contributed by atoms with E-state index in [4.69, 9.17) is 0 Å². The molecule has 2 rings (SSSR count). The van der Waals surface area contributed by atoms with Gasteiger partial charge in [0.25, 0.3) is 0 Å². The Morgan fingerprint density at radius 3 is 2.59 bits per heavy atom. The summed E-state index contributed by atoms with van der Waals surface area (Å²) in [7, 11) is -2.91. The summed E-state index contributed by atoms with van der Waals surface area (Å²) >= 11 is 1.79. The molecular weight excluding hydrogens is 318 g/mol. The third-order valence-corrected chi connectivity index (χ3v) is 6.60. The minimum absolute atomic E-state index is 0.0273. The first-order chi connectivity index (χ1) is 10.4. The molecule has 0 radical (unpaired) electrons. The lowest BCUT2D eigenvalue weighted by molar-refractivity contribution is -0.122. The second-order valence-electron chi connectivity index (χ2n) is 5.76. The van der Waals surface area contributed by atoms with E-state index in [9.17, 15) is 13.2 Å². The summed E-state index contributed by atoms with van der Waals surface area (Å²) in [6, 6.07) is 8.13. The second-order valence-corrected chi connectivity index (χ2v) is 9.33. The van der Waals surface area contributed by atoms with E-state index in [1.165, 1.54) is 4.90 Å². The van der Waals surface area contributed by atoms with Crippen LogP contribution in [0.1, 0.15) is 38.3 Å². The molecule has 0 aromatic heterocycles. The quantitative estimate of drug-likeness (QED) is 0.808. The highest BCUT2D eigenvalue weighted by Crippen LogP contribution is 2.23. The van der Waals surface area contributed by atoms with Gasteiger partial charge in [-0.2, -0.15) is 0 Å². The number of carbonyl (C=O) groups is 1. The predicted octanol–water partition coefficient (Wildman–Crippen LogP) is 2.80. The van der Waals surface area contributed by atoms with Gasteiger partial charge in [0, 0.05) is 11.3 Å². The maximum absolute atomic E-state index is 12.1. The number of hydrogen-bond donors (Lipinski definition) is 1. The average Bonchev–Trinajstić information content (AvgIpc) is 2.78. The molecule has 1 aromatic rings. The number of hydrogen-bond acceptors (Lipinski definition) is 4. The number of amides is 1. The normalized spacial score (nSPS) is 21.5. The third kappa shape index (κ3) is 5.02. The lowest BCUT2D eigenvalue weighted by Crippen LogP contribution is -2.28. The summed E-state index contributed by atoms with van der Waals surface area (Å²) in [5.41, 5.74) is 1.06. The summed E-state index contributed by atoms with van der Waals surface area (Å²) in [5.74, 6) is 1.31. The smallest absolute Gasteiger partial charge is 0.220 e. The van der Waals surface area contributed by atoms with Crippen LogP contribution >= 0.6 is 11.8 Å². The summed E-state index contributed by atoms with van der Waals surface area (Å²) in [6.45, 7) is 4.07. The number of rotatable bonds is 6. The van der Waals surface area contributed by atoms with Crippen LogP contribution < -0.4 is 5.32 Å². The number of benzene rings is 1. The average molecular weight is 341 g/mol. The van der Waals surface area contributed by atoms with E-state index in [1.807, 2.05) is 19.1 Å². The Hall–Kier alpha value is -1.01. The van der Waals surface area contributed by atoms with Crippen molar-refractivity contribution in [3.63, 3.8) is 0 Å². The first-order valence-corrected chi connectivity index (χ1v) is 10.4. The van der Waals surface area contributed by atoms with Gasteiger partial charge in [0.15, 0.2) is 9.84 Å². The fourth-order valence-corrected chi connectivity index (χ4v) is 5.22. The van der Waals surface area contributed by atoms with Gasteiger partial charge >= 0.3 is 0 Å². The van der Waals surface area contributed by atoms with Crippen LogP contribution in [0.5, 0.6) is 0 Å². The molecule has 6 heteroatoms. The van der Waals surface area contributed by atoms with Gasteiger partial charge in [0.05, 0.1) is 17.5 Å². The zero-order chi connectivity index (χ0) is 16.2. The molecule has 1 N–H and O–H groups in total. The molecule has 0 saturated carbocycles. The SMILES string of the molecule is CCSc1ccc(C(C)NC(=O)CC2CCS(=O)(=O)C2)cc1. The number of sulfone groups is 1. The Balaban J connectivity index is 1.85. The molecule has 1 heterocycles. The monoisotopic (exact) mass is 341 g/mol. The standard InChI is InChI=1S/C16H23NO3S2/c1-3-21-15-6-4-14(5-7-15)12(2)17-16(18)10-13-8-9-22(19,20)11-13/h4-7,12-13H,3,8-11H2,1-2H3,(H,17,18). The molecule has 1 aliphatic heterocycles. The zero-order valence-corrected chi connectivity index (χ0v) is 14.7. The maximum Gasteiger partial charge on any atom is 0.220 e. The first kappa shape index (κ1) is 17.3. The number of carbonyl (C=O) groups excluding carboxylic acids is 1. The van der Waals surface area contributed by atoms with E-state index in [0.29, 0.717) is 12.8 Å². The van der Waals surface area contributed by atoms with Crippen molar-refractivity contribution in [2.45, 2.75) is 37.6 Å². The second kappa shape index (κ2) is 7.51. The lowest BCUT2D eigenvalue weighted by Gasteiger charge is -2.16. The van der Waals surface area contributed by atoms with Crippen molar-refractivity contribution >= 4 is 27.5 Å². The van der Waals surface area contributed by atoms with E-state index in [1.54, 1.807) is 11.8 Å². The van der Waals surface area contributed by atoms with E-state index in [0.717, 1.165) is 11.3 Å². The zero-order valence-electron chi connectivity index (χ0n) is 13.0. The Labute approximate surface area is 137 Å². The lowest BCUT2D eigenvalue weighted by atomic mass is 10.0. The van der Waals surface area contributed by atoms with Crippen LogP contribution in [0.3, 0.4) is 0 Å². The van der Waals surface area contributed by atoms with Gasteiger partial charge in [-0.1, -0.05) is 19.1 Å². The number of thioether (sulfide) groups is 1. The van der Waals surface area contributed by atoms with Crippen molar-refractivity contribution < 1.29 is 13.2 Å². The Kier molecular flexibility index (Phi) is 5.92. The summed E-state index contributed by atoms with van der Waals surface area (Å²) in [5, 5.41) is 2.96. The van der Waals surface area contributed by atoms with Crippen molar-refractivity contribution in [1.82, 2.24) is 5.32 Å². The van der Waals surface area contributed by atoms with Crippen LogP contribution in [0.2, 0.25) is 0 Å². The van der Waals surface area contributed by atoms with Crippen LogP contribution in [-0.4, -0.2) is 31.6 Å². The molecule has 2 atom stereocenters. The molecule has 122 valence electrons. The highest BCUT2D eigenvalue weighted by Gasteiger charge is 2.29. The van der Waals surface area contributed by atoms with Crippen molar-refractivity contribution in [2.24, 2.45) is 5.92 Å². The van der Waals surface area contributed by atoms with Gasteiger partial charge in [-0.15, -0.1) is 11.8 Å². The summed E-state index contributed by atoms with van der Waals surface area (Å²) in [4.78, 5) is 13.3. The van der Waals surface area contributed by atoms with E-state index >= 15 is 0 Å². The van der Waals surface area contributed by atoms with Gasteiger partial charge in [0.1, 0.15) is 0 Å². The summed E-state index contributed by atoms with van der Waals surface area (Å²) < 4.78 is 22.8. The highest BCUT2D eigenvalue weighted by atomic mass is 32.2. The minimum atomic E-state index is -2.91. The van der Waals surface area contributed by atoms with Crippen molar-refractivity contribution in [1.29, 1.82) is 0 Å². The van der Waals surface area contributed by atoms with Crippen LogP contribution in [0, 0.1) is 5.92 Å². The van der Waals surface area contributed by atoms with Gasteiger partial charge < -0.3 is 5.32 Å². The molecule has 0 bridgehead atoms. The largest absolute Gasteiger partial charge is 0.350 e. The van der Waals surface area contributed by atoms with Crippen molar-refractivity contribution in [3.05, 3.63) is 29.8 Å². The van der Waals surface area contributed by atoms with Gasteiger partial charge in [-0.3, -0.25) is 4.79 Å². The molecule has 0 spiro atoms. The minimum Gasteiger partial charge on any atom is -0.350 e. The van der Waals surface area contributed by atoms with Crippen LogP contribution in [0.15, 0.2) is 29.2 Å². The van der Waals surface area contributed by atoms with Gasteiger partial charge in [-0.05, 0) is 42.7 Å². The van der Waals surface area contributed by atoms with E-state index < -0.39 is 9.84 Å². The summed E-state index contributed by atoms with van der Waals surface area (Å²) in [6.07, 6.45) is 0.903. The molecule has 1 amide bonds. The fraction of sp³-hybridized carbons (Fsp3) is 0.562. The molecule has 0 aliphatic carbocycles. The van der Waals surface area contributed by atoms with Crippen LogP contribution in [0.25, 0.3) is 0 Å². The van der Waals surface area contributed by atoms with E-state index in [-0.39, 0.29) is 29.4 Å². The first-order valence-electron chi connectivity index (χ1n) is 7.62. The molecule has 1 fully saturated rings. The maximum atomic E-state index is 12.1. The van der Waals surface area contributed by atoms with Crippen molar-refractivity contribution in [3.8, 4) is 0 Å². The van der Waals surface area contributed by atoms with Gasteiger partial charge in [-0.25, -0.2) is 8.42 Å². The molecule has 22 heavy (non-hydrogen) atoms. The molecular formula is C16H23NO3S2. The molecule has 1 aromatic carbocycles. The predicted molar refractivity (Wildman–Crippen MR) is 90.8 cm³/mol.